The van der Waals surface area contributed by atoms with Crippen molar-refractivity contribution in [3.8, 4) is 0 Å². The van der Waals surface area contributed by atoms with Crippen LogP contribution in [0.4, 0.5) is 4.79 Å². The lowest BCUT2D eigenvalue weighted by Gasteiger charge is -2.30. The number of urea groups is 1. The number of nitrogens with zero attached hydrogens (tertiary/aromatic N) is 2. The van der Waals surface area contributed by atoms with E-state index in [1.54, 1.807) is 11.8 Å². The molecular formula is C14H27N3O3S. The first kappa shape index (κ1) is 18.1. The molecule has 0 spiro atoms. The Morgan fingerprint density at radius 1 is 1.38 bits per heavy atom. The van der Waals surface area contributed by atoms with Gasteiger partial charge in [-0.05, 0) is 19.0 Å². The van der Waals surface area contributed by atoms with Crippen LogP contribution in [0.15, 0.2) is 0 Å². The molecule has 1 heterocycles. The van der Waals surface area contributed by atoms with Crippen molar-refractivity contribution in [2.75, 3.05) is 31.9 Å². The summed E-state index contributed by atoms with van der Waals surface area (Å²) in [6.07, 6.45) is 0. The van der Waals surface area contributed by atoms with Gasteiger partial charge < -0.3 is 15.3 Å². The molecule has 0 aromatic carbocycles. The molecule has 0 saturated carbocycles. The molecule has 1 aliphatic heterocycles. The summed E-state index contributed by atoms with van der Waals surface area (Å²) in [4.78, 5) is 27.4. The smallest absolute Gasteiger partial charge is 0.327 e. The predicted molar refractivity (Wildman–Crippen MR) is 85.5 cm³/mol. The second-order valence-corrected chi connectivity index (χ2v) is 6.64. The Kier molecular flexibility index (Phi) is 7.31. The number of nitrogens with one attached hydrogen (secondary N) is 1. The third-order valence-corrected chi connectivity index (χ3v) is 5.34. The highest BCUT2D eigenvalue weighted by atomic mass is 32.2. The molecule has 7 heteroatoms. The molecule has 0 aromatic heterocycles. The Balaban J connectivity index is 2.61. The average molecular weight is 317 g/mol. The van der Waals surface area contributed by atoms with Crippen molar-refractivity contribution >= 4 is 23.8 Å². The van der Waals surface area contributed by atoms with E-state index >= 15 is 0 Å². The van der Waals surface area contributed by atoms with E-state index in [-0.39, 0.29) is 17.3 Å². The lowest BCUT2D eigenvalue weighted by molar-refractivity contribution is -0.141. The topological polar surface area (TPSA) is 72.9 Å². The third kappa shape index (κ3) is 4.78. The molecule has 122 valence electrons. The second-order valence-electron chi connectivity index (χ2n) is 5.49. The Labute approximate surface area is 131 Å². The van der Waals surface area contributed by atoms with Crippen LogP contribution in [0.25, 0.3) is 0 Å². The Bertz CT molecular complexity index is 361. The molecule has 21 heavy (non-hydrogen) atoms. The lowest BCUT2D eigenvalue weighted by atomic mass is 10.2. The van der Waals surface area contributed by atoms with Crippen molar-refractivity contribution in [2.24, 2.45) is 5.92 Å². The first-order chi connectivity index (χ1) is 9.92. The van der Waals surface area contributed by atoms with Crippen molar-refractivity contribution in [3.05, 3.63) is 0 Å². The number of aliphatic carboxylic acids is 1. The van der Waals surface area contributed by atoms with Crippen LogP contribution in [-0.2, 0) is 4.79 Å². The number of carboxylic acid groups (broad SMARTS) is 1. The van der Waals surface area contributed by atoms with Gasteiger partial charge in [0.15, 0.2) is 0 Å². The van der Waals surface area contributed by atoms with E-state index in [0.29, 0.717) is 12.3 Å². The van der Waals surface area contributed by atoms with E-state index < -0.39 is 12.0 Å². The molecule has 2 amide bonds. The third-order valence-electron chi connectivity index (χ3n) is 3.72. The van der Waals surface area contributed by atoms with Gasteiger partial charge in [-0.1, -0.05) is 27.7 Å². The molecule has 1 fully saturated rings. The highest BCUT2D eigenvalue weighted by Crippen LogP contribution is 2.33. The molecular weight excluding hydrogens is 290 g/mol. The fourth-order valence-electron chi connectivity index (χ4n) is 2.44. The molecule has 0 aliphatic carbocycles. The van der Waals surface area contributed by atoms with Crippen LogP contribution in [0, 0.1) is 5.92 Å². The number of carbonyl (C=O) groups is 2. The summed E-state index contributed by atoms with van der Waals surface area (Å²) in [5.41, 5.74) is 0. The van der Waals surface area contributed by atoms with E-state index in [4.69, 9.17) is 0 Å². The van der Waals surface area contributed by atoms with Gasteiger partial charge >= 0.3 is 12.0 Å². The van der Waals surface area contributed by atoms with Crippen LogP contribution in [0.2, 0.25) is 0 Å². The van der Waals surface area contributed by atoms with E-state index in [2.05, 4.69) is 24.1 Å². The Morgan fingerprint density at radius 3 is 2.48 bits per heavy atom. The fourth-order valence-corrected chi connectivity index (χ4v) is 3.91. The Hall–Kier alpha value is -0.950. The predicted octanol–water partition coefficient (Wildman–Crippen LogP) is 1.52. The van der Waals surface area contributed by atoms with E-state index in [9.17, 15) is 14.7 Å². The average Bonchev–Trinajstić information content (AvgIpc) is 2.88. The normalized spacial score (nSPS) is 22.1. The number of hydrogen-bond donors (Lipinski definition) is 2. The molecule has 2 atom stereocenters. The van der Waals surface area contributed by atoms with E-state index in [1.165, 1.54) is 4.90 Å². The van der Waals surface area contributed by atoms with Gasteiger partial charge in [0, 0.05) is 18.8 Å². The van der Waals surface area contributed by atoms with Crippen molar-refractivity contribution in [1.82, 2.24) is 15.1 Å². The molecule has 2 N–H and O–H groups in total. The van der Waals surface area contributed by atoms with Crippen LogP contribution in [-0.4, -0.2) is 70.3 Å². The molecule has 2 unspecified atom stereocenters. The van der Waals surface area contributed by atoms with Crippen LogP contribution in [0.3, 0.4) is 0 Å². The van der Waals surface area contributed by atoms with E-state index in [0.717, 1.165) is 19.6 Å². The minimum absolute atomic E-state index is 0.0699. The summed E-state index contributed by atoms with van der Waals surface area (Å²) in [6.45, 7) is 11.4. The van der Waals surface area contributed by atoms with Gasteiger partial charge in [-0.15, -0.1) is 11.8 Å². The summed E-state index contributed by atoms with van der Waals surface area (Å²) in [6, 6.07) is -0.992. The zero-order chi connectivity index (χ0) is 16.0. The monoisotopic (exact) mass is 317 g/mol. The minimum atomic E-state index is -0.926. The SMILES string of the molecule is CCN(CC)CCNC(=O)N1C(C(=O)O)CSC1C(C)C. The highest BCUT2D eigenvalue weighted by Gasteiger charge is 2.42. The maximum atomic E-state index is 12.4. The van der Waals surface area contributed by atoms with Gasteiger partial charge in [0.2, 0.25) is 0 Å². The molecule has 0 aromatic rings. The van der Waals surface area contributed by atoms with Crippen LogP contribution in [0.1, 0.15) is 27.7 Å². The maximum Gasteiger partial charge on any atom is 0.327 e. The number of likely N-dealkylation sites (N-methyl/N-ethyl adjacent to an activating group) is 1. The largest absolute Gasteiger partial charge is 0.480 e. The van der Waals surface area contributed by atoms with Crippen molar-refractivity contribution < 1.29 is 14.7 Å². The number of thioether (sulfide) groups is 1. The van der Waals surface area contributed by atoms with Gasteiger partial charge in [-0.25, -0.2) is 9.59 Å². The summed E-state index contributed by atoms with van der Waals surface area (Å²) in [5.74, 6) is -0.237. The van der Waals surface area contributed by atoms with Crippen molar-refractivity contribution in [2.45, 2.75) is 39.1 Å². The number of rotatable bonds is 7. The second kappa shape index (κ2) is 8.48. The van der Waals surface area contributed by atoms with Gasteiger partial charge in [-0.3, -0.25) is 4.90 Å². The van der Waals surface area contributed by atoms with Gasteiger partial charge in [-0.2, -0.15) is 0 Å². The van der Waals surface area contributed by atoms with Gasteiger partial charge in [0.05, 0.1) is 5.37 Å². The lowest BCUT2D eigenvalue weighted by Crippen LogP contribution is -2.52. The fraction of sp³-hybridized carbons (Fsp3) is 0.857. The standard InChI is InChI=1S/C14H27N3O3S/c1-5-16(6-2)8-7-15-14(20)17-11(13(18)19)9-21-12(17)10(3)4/h10-12H,5-9H2,1-4H3,(H,15,20)(H,18,19). The maximum absolute atomic E-state index is 12.4. The quantitative estimate of drug-likeness (QED) is 0.745. The van der Waals surface area contributed by atoms with Gasteiger partial charge in [0.25, 0.3) is 0 Å². The molecule has 0 bridgehead atoms. The number of carbonyl (C=O) groups excluding carboxylic acids is 1. The van der Waals surface area contributed by atoms with Gasteiger partial charge in [0.1, 0.15) is 6.04 Å². The minimum Gasteiger partial charge on any atom is -0.480 e. The summed E-state index contributed by atoms with van der Waals surface area (Å²) < 4.78 is 0. The zero-order valence-corrected chi connectivity index (χ0v) is 14.2. The number of amides is 2. The molecule has 1 rings (SSSR count). The first-order valence-corrected chi connectivity index (χ1v) is 8.60. The molecule has 0 radical (unpaired) electrons. The number of hydrogen-bond acceptors (Lipinski definition) is 4. The molecule has 1 saturated heterocycles. The number of carboxylic acids is 1. The molecule has 1 aliphatic rings. The van der Waals surface area contributed by atoms with Crippen LogP contribution in [0.5, 0.6) is 0 Å². The van der Waals surface area contributed by atoms with Crippen molar-refractivity contribution in [1.29, 1.82) is 0 Å². The van der Waals surface area contributed by atoms with E-state index in [1.807, 2.05) is 13.8 Å². The molecule has 6 nitrogen and oxygen atoms in total. The highest BCUT2D eigenvalue weighted by molar-refractivity contribution is 8.00. The van der Waals surface area contributed by atoms with Crippen LogP contribution >= 0.6 is 11.8 Å². The zero-order valence-electron chi connectivity index (χ0n) is 13.3. The summed E-state index contributed by atoms with van der Waals surface area (Å²) in [7, 11) is 0. The summed E-state index contributed by atoms with van der Waals surface area (Å²) >= 11 is 1.55. The first-order valence-electron chi connectivity index (χ1n) is 7.55. The summed E-state index contributed by atoms with van der Waals surface area (Å²) in [5, 5.41) is 12.1. The van der Waals surface area contributed by atoms with Crippen LogP contribution < -0.4 is 5.32 Å². The van der Waals surface area contributed by atoms with Crippen molar-refractivity contribution in [3.63, 3.8) is 0 Å². The Morgan fingerprint density at radius 2 is 2.00 bits per heavy atom.